The Bertz CT molecular complexity index is 1260. The first-order valence-corrected chi connectivity index (χ1v) is 12.7. The van der Waals surface area contributed by atoms with Crippen LogP contribution >= 0.6 is 31.9 Å². The number of carbonyl (C=O) groups is 1. The topological polar surface area (TPSA) is 95.0 Å². The quantitative estimate of drug-likeness (QED) is 0.229. The summed E-state index contributed by atoms with van der Waals surface area (Å²) >= 11 is 6.86. The van der Waals surface area contributed by atoms with Crippen molar-refractivity contribution in [3.63, 3.8) is 0 Å². The first-order chi connectivity index (χ1) is 16.8. The lowest BCUT2D eigenvalue weighted by Gasteiger charge is -2.32. The Labute approximate surface area is 220 Å². The molecular formula is C24H26Br2N6O3. The number of nitrogens with zero attached hydrogens (tertiary/aromatic N) is 6. The molecule has 1 fully saturated rings. The van der Waals surface area contributed by atoms with Crippen LogP contribution in [-0.4, -0.2) is 70.9 Å². The summed E-state index contributed by atoms with van der Waals surface area (Å²) in [5.41, 5.74) is 2.58. The predicted molar refractivity (Wildman–Crippen MR) is 142 cm³/mol. The fourth-order valence-corrected chi connectivity index (χ4v) is 4.41. The van der Waals surface area contributed by atoms with Crippen molar-refractivity contribution in [3.8, 4) is 5.88 Å². The lowest BCUT2D eigenvalue weighted by molar-refractivity contribution is -0.122. The maximum absolute atomic E-state index is 12.3. The first kappa shape index (κ1) is 25.5. The standard InChI is InChI=1S/C24H26Br2N6O3/c1-16(17-3-5-18(25)6-4-17)29-35-14-22(33)27-28-23-20-13-19(26)7-8-21(20)32(24(23)34)15-31-11-9-30(2)10-12-31/h3-8,13,34H,9-12,14-15H2,1-2H3/b28-27?,29-16+. The molecule has 1 N–H and O–H groups in total. The van der Waals surface area contributed by atoms with Gasteiger partial charge in [-0.05, 0) is 49.9 Å². The third kappa shape index (κ3) is 6.35. The number of carbonyl (C=O) groups excluding carboxylic acids is 1. The van der Waals surface area contributed by atoms with Crippen LogP contribution in [0.4, 0.5) is 5.69 Å². The number of likely N-dealkylation sites (N-methyl/N-ethyl adjacent to an activating group) is 1. The molecule has 1 aliphatic rings. The van der Waals surface area contributed by atoms with E-state index in [-0.39, 0.29) is 18.2 Å². The monoisotopic (exact) mass is 604 g/mol. The Morgan fingerprint density at radius 1 is 1.06 bits per heavy atom. The van der Waals surface area contributed by atoms with Gasteiger partial charge in [-0.2, -0.15) is 0 Å². The summed E-state index contributed by atoms with van der Waals surface area (Å²) in [6, 6.07) is 13.3. The van der Waals surface area contributed by atoms with Gasteiger partial charge in [0.15, 0.2) is 12.3 Å². The summed E-state index contributed by atoms with van der Waals surface area (Å²) in [5, 5.41) is 23.5. The highest BCUT2D eigenvalue weighted by molar-refractivity contribution is 9.10. The van der Waals surface area contributed by atoms with Gasteiger partial charge < -0.3 is 14.8 Å². The Morgan fingerprint density at radius 2 is 1.74 bits per heavy atom. The fraction of sp³-hybridized carbons (Fsp3) is 0.333. The molecule has 3 aromatic rings. The number of piperazine rings is 1. The van der Waals surface area contributed by atoms with E-state index in [2.05, 4.69) is 64.1 Å². The van der Waals surface area contributed by atoms with E-state index >= 15 is 0 Å². The van der Waals surface area contributed by atoms with Gasteiger partial charge in [0.1, 0.15) is 0 Å². The average Bonchev–Trinajstić information content (AvgIpc) is 3.09. The van der Waals surface area contributed by atoms with Crippen molar-refractivity contribution < 1.29 is 14.7 Å². The number of rotatable bonds is 7. The molecule has 1 saturated heterocycles. The molecule has 4 rings (SSSR count). The van der Waals surface area contributed by atoms with Crippen molar-refractivity contribution in [1.29, 1.82) is 0 Å². The molecule has 2 heterocycles. The number of hydrogen-bond acceptors (Lipinski definition) is 7. The van der Waals surface area contributed by atoms with Crippen LogP contribution in [0.5, 0.6) is 5.88 Å². The van der Waals surface area contributed by atoms with Gasteiger partial charge in [0.25, 0.3) is 0 Å². The number of fused-ring (bicyclic) bond motifs is 1. The molecular weight excluding hydrogens is 580 g/mol. The summed E-state index contributed by atoms with van der Waals surface area (Å²) in [6.45, 7) is 5.70. The van der Waals surface area contributed by atoms with Crippen molar-refractivity contribution in [1.82, 2.24) is 14.4 Å². The van der Waals surface area contributed by atoms with Crippen LogP contribution in [0.1, 0.15) is 12.5 Å². The molecule has 0 aliphatic carbocycles. The second-order valence-corrected chi connectivity index (χ2v) is 10.2. The number of aromatic nitrogens is 1. The average molecular weight is 606 g/mol. The van der Waals surface area contributed by atoms with Crippen LogP contribution in [0.3, 0.4) is 0 Å². The van der Waals surface area contributed by atoms with E-state index in [1.807, 2.05) is 42.5 Å². The van der Waals surface area contributed by atoms with Crippen molar-refractivity contribution in [2.45, 2.75) is 13.6 Å². The van der Waals surface area contributed by atoms with Gasteiger partial charge in [-0.25, -0.2) is 0 Å². The SMILES string of the molecule is C/C(=N\OCC(=O)N=Nc1c(O)n(CN2CCN(C)CC2)c2ccc(Br)cc12)c1ccc(Br)cc1. The molecule has 35 heavy (non-hydrogen) atoms. The number of halogens is 2. The van der Waals surface area contributed by atoms with Crippen molar-refractivity contribution in [2.75, 3.05) is 39.8 Å². The molecule has 1 amide bonds. The van der Waals surface area contributed by atoms with Gasteiger partial charge in [0.2, 0.25) is 5.88 Å². The largest absolute Gasteiger partial charge is 0.493 e. The van der Waals surface area contributed by atoms with Crippen LogP contribution in [0, 0.1) is 0 Å². The minimum Gasteiger partial charge on any atom is -0.493 e. The molecule has 0 radical (unpaired) electrons. The summed E-state index contributed by atoms with van der Waals surface area (Å²) in [6.07, 6.45) is 0. The third-order valence-corrected chi connectivity index (χ3v) is 6.84. The lowest BCUT2D eigenvalue weighted by atomic mass is 10.1. The van der Waals surface area contributed by atoms with Crippen LogP contribution in [0.15, 0.2) is 66.8 Å². The van der Waals surface area contributed by atoms with Crippen LogP contribution < -0.4 is 0 Å². The Balaban J connectivity index is 1.47. The van der Waals surface area contributed by atoms with E-state index in [1.54, 1.807) is 11.5 Å². The molecule has 9 nitrogen and oxygen atoms in total. The lowest BCUT2D eigenvalue weighted by Crippen LogP contribution is -2.44. The molecule has 184 valence electrons. The molecule has 0 unspecified atom stereocenters. The summed E-state index contributed by atoms with van der Waals surface area (Å²) in [7, 11) is 2.10. The summed E-state index contributed by atoms with van der Waals surface area (Å²) in [5.74, 6) is -0.634. The van der Waals surface area contributed by atoms with E-state index < -0.39 is 5.91 Å². The Morgan fingerprint density at radius 3 is 2.46 bits per heavy atom. The van der Waals surface area contributed by atoms with Crippen molar-refractivity contribution in [2.24, 2.45) is 15.4 Å². The molecule has 11 heteroatoms. The highest BCUT2D eigenvalue weighted by Crippen LogP contribution is 2.40. The van der Waals surface area contributed by atoms with Crippen LogP contribution in [0.2, 0.25) is 0 Å². The Kier molecular flexibility index (Phi) is 8.32. The van der Waals surface area contributed by atoms with Crippen LogP contribution in [-0.2, 0) is 16.3 Å². The fourth-order valence-electron chi connectivity index (χ4n) is 3.79. The molecule has 0 bridgehead atoms. The van der Waals surface area contributed by atoms with Gasteiger partial charge in [-0.3, -0.25) is 14.3 Å². The molecule has 1 aliphatic heterocycles. The molecule has 0 saturated carbocycles. The summed E-state index contributed by atoms with van der Waals surface area (Å²) < 4.78 is 3.60. The zero-order chi connectivity index (χ0) is 24.9. The van der Waals surface area contributed by atoms with E-state index in [0.717, 1.165) is 46.2 Å². The van der Waals surface area contributed by atoms with Crippen LogP contribution in [0.25, 0.3) is 10.9 Å². The van der Waals surface area contributed by atoms with Gasteiger partial charge in [0, 0.05) is 40.5 Å². The zero-order valence-corrected chi connectivity index (χ0v) is 22.7. The second kappa shape index (κ2) is 11.4. The Hall–Kier alpha value is -2.60. The van der Waals surface area contributed by atoms with E-state index in [1.165, 1.54) is 0 Å². The third-order valence-electron chi connectivity index (χ3n) is 5.82. The smallest absolute Gasteiger partial charge is 0.304 e. The highest BCUT2D eigenvalue weighted by atomic mass is 79.9. The number of benzene rings is 2. The molecule has 0 spiro atoms. The van der Waals surface area contributed by atoms with Crippen molar-refractivity contribution >= 4 is 60.1 Å². The van der Waals surface area contributed by atoms with E-state index in [9.17, 15) is 9.90 Å². The predicted octanol–water partition coefficient (Wildman–Crippen LogP) is 5.13. The van der Waals surface area contributed by atoms with E-state index in [0.29, 0.717) is 17.8 Å². The molecule has 1 aromatic heterocycles. The van der Waals surface area contributed by atoms with Gasteiger partial charge >= 0.3 is 5.91 Å². The normalized spacial score (nSPS) is 15.8. The summed E-state index contributed by atoms with van der Waals surface area (Å²) in [4.78, 5) is 22.0. The first-order valence-electron chi connectivity index (χ1n) is 11.1. The number of amides is 1. The minimum absolute atomic E-state index is 0.0291. The highest BCUT2D eigenvalue weighted by Gasteiger charge is 2.21. The van der Waals surface area contributed by atoms with Gasteiger partial charge in [0.05, 0.1) is 17.9 Å². The van der Waals surface area contributed by atoms with Gasteiger partial charge in [-0.15, -0.1) is 10.2 Å². The van der Waals surface area contributed by atoms with Gasteiger partial charge in [-0.1, -0.05) is 49.1 Å². The number of aromatic hydroxyl groups is 1. The number of oxime groups is 1. The zero-order valence-electron chi connectivity index (χ0n) is 19.5. The number of azo groups is 1. The minimum atomic E-state index is -0.605. The number of hydrogen-bond donors (Lipinski definition) is 1. The maximum Gasteiger partial charge on any atom is 0.304 e. The van der Waals surface area contributed by atoms with Crippen molar-refractivity contribution in [3.05, 3.63) is 57.0 Å². The molecule has 2 aromatic carbocycles. The second-order valence-electron chi connectivity index (χ2n) is 8.38. The maximum atomic E-state index is 12.3. The molecule has 0 atom stereocenters. The van der Waals surface area contributed by atoms with E-state index in [4.69, 9.17) is 4.84 Å².